The van der Waals surface area contributed by atoms with Crippen LogP contribution < -0.4 is 11.1 Å². The number of carbonyl (C=O) groups is 2. The first-order valence-electron chi connectivity index (χ1n) is 8.59. The molecule has 1 saturated heterocycles. The smallest absolute Gasteiger partial charge is 0.251 e. The second kappa shape index (κ2) is 7.94. The molecule has 1 atom stereocenters. The summed E-state index contributed by atoms with van der Waals surface area (Å²) >= 11 is 0. The number of amides is 2. The molecule has 0 spiro atoms. The molecule has 2 amide bonds. The zero-order chi connectivity index (χ0) is 17.6. The van der Waals surface area contributed by atoms with Crippen LogP contribution in [0.5, 0.6) is 0 Å². The third-order valence-corrected chi connectivity index (χ3v) is 4.47. The molecule has 0 radical (unpaired) electrons. The molecule has 5 nitrogen and oxygen atoms in total. The lowest BCUT2D eigenvalue weighted by atomic mass is 10.0. The van der Waals surface area contributed by atoms with Crippen molar-refractivity contribution in [3.05, 3.63) is 60.2 Å². The molecule has 1 aliphatic heterocycles. The predicted octanol–water partition coefficient (Wildman–Crippen LogP) is 2.03. The lowest BCUT2D eigenvalue weighted by molar-refractivity contribution is -0.119. The summed E-state index contributed by atoms with van der Waals surface area (Å²) < 4.78 is 0. The van der Waals surface area contributed by atoms with Gasteiger partial charge < -0.3 is 11.1 Å². The van der Waals surface area contributed by atoms with E-state index in [2.05, 4.69) is 5.32 Å². The summed E-state index contributed by atoms with van der Waals surface area (Å²) in [5.41, 5.74) is 8.11. The maximum absolute atomic E-state index is 12.5. The Hall–Kier alpha value is -2.66. The van der Waals surface area contributed by atoms with Gasteiger partial charge in [-0.2, -0.15) is 0 Å². The number of likely N-dealkylation sites (tertiary alicyclic amines) is 1. The Labute approximate surface area is 147 Å². The van der Waals surface area contributed by atoms with Gasteiger partial charge >= 0.3 is 0 Å². The fourth-order valence-corrected chi connectivity index (χ4v) is 3.25. The van der Waals surface area contributed by atoms with Gasteiger partial charge in [-0.3, -0.25) is 14.5 Å². The molecule has 0 saturated carbocycles. The molecule has 2 aromatic carbocycles. The van der Waals surface area contributed by atoms with Crippen LogP contribution in [-0.2, 0) is 4.79 Å². The number of carbonyl (C=O) groups excluding carboxylic acids is 2. The van der Waals surface area contributed by atoms with Gasteiger partial charge in [0.15, 0.2) is 0 Å². The standard InChI is InChI=1S/C20H23N3O2/c21-19(24)14-23-12-4-7-18(13-23)22-20(25)17-10-8-16(9-11-17)15-5-2-1-3-6-15/h1-3,5-6,8-11,18H,4,7,12-14H2,(H2,21,24)(H,22,25)/t18-/m0/s1. The number of hydrogen-bond donors (Lipinski definition) is 2. The highest BCUT2D eigenvalue weighted by atomic mass is 16.2. The second-order valence-electron chi connectivity index (χ2n) is 6.46. The van der Waals surface area contributed by atoms with Crippen LogP contribution in [-0.4, -0.2) is 42.4 Å². The normalized spacial score (nSPS) is 17.8. The number of rotatable bonds is 5. The molecule has 1 fully saturated rings. The van der Waals surface area contributed by atoms with Crippen molar-refractivity contribution in [3.8, 4) is 11.1 Å². The zero-order valence-electron chi connectivity index (χ0n) is 14.2. The van der Waals surface area contributed by atoms with Crippen LogP contribution in [0.2, 0.25) is 0 Å². The average molecular weight is 337 g/mol. The van der Waals surface area contributed by atoms with Gasteiger partial charge in [0.05, 0.1) is 6.54 Å². The first-order valence-corrected chi connectivity index (χ1v) is 8.59. The highest BCUT2D eigenvalue weighted by molar-refractivity contribution is 5.94. The van der Waals surface area contributed by atoms with Crippen molar-refractivity contribution in [1.82, 2.24) is 10.2 Å². The lowest BCUT2D eigenvalue weighted by Crippen LogP contribution is -2.49. The summed E-state index contributed by atoms with van der Waals surface area (Å²) in [5.74, 6) is -0.408. The molecule has 0 aromatic heterocycles. The van der Waals surface area contributed by atoms with Gasteiger partial charge in [-0.1, -0.05) is 42.5 Å². The topological polar surface area (TPSA) is 75.4 Å². The van der Waals surface area contributed by atoms with E-state index >= 15 is 0 Å². The first kappa shape index (κ1) is 17.2. The van der Waals surface area contributed by atoms with Crippen molar-refractivity contribution in [2.45, 2.75) is 18.9 Å². The van der Waals surface area contributed by atoms with Crippen molar-refractivity contribution >= 4 is 11.8 Å². The van der Waals surface area contributed by atoms with Crippen molar-refractivity contribution < 1.29 is 9.59 Å². The minimum Gasteiger partial charge on any atom is -0.369 e. The second-order valence-corrected chi connectivity index (χ2v) is 6.46. The molecule has 2 aromatic rings. The first-order chi connectivity index (χ1) is 12.1. The van der Waals surface area contributed by atoms with Gasteiger partial charge in [0.25, 0.3) is 5.91 Å². The summed E-state index contributed by atoms with van der Waals surface area (Å²) in [7, 11) is 0. The molecule has 0 aliphatic carbocycles. The molecular weight excluding hydrogens is 314 g/mol. The third kappa shape index (κ3) is 4.67. The van der Waals surface area contributed by atoms with Crippen LogP contribution in [0.25, 0.3) is 11.1 Å². The van der Waals surface area contributed by atoms with Crippen molar-refractivity contribution in [2.24, 2.45) is 5.73 Å². The molecule has 0 bridgehead atoms. The van der Waals surface area contributed by atoms with E-state index in [-0.39, 0.29) is 24.4 Å². The largest absolute Gasteiger partial charge is 0.369 e. The molecule has 0 unspecified atom stereocenters. The number of benzene rings is 2. The molecule has 1 heterocycles. The minimum atomic E-state index is -0.330. The summed E-state index contributed by atoms with van der Waals surface area (Å²) in [5, 5.41) is 3.06. The van der Waals surface area contributed by atoms with Crippen LogP contribution in [0.15, 0.2) is 54.6 Å². The van der Waals surface area contributed by atoms with Gasteiger partial charge in [-0.05, 0) is 42.6 Å². The molecule has 3 N–H and O–H groups in total. The van der Waals surface area contributed by atoms with E-state index in [4.69, 9.17) is 5.73 Å². The lowest BCUT2D eigenvalue weighted by Gasteiger charge is -2.32. The SMILES string of the molecule is NC(=O)CN1CCC[C@H](NC(=O)c2ccc(-c3ccccc3)cc2)C1. The molecule has 1 aliphatic rings. The number of nitrogens with one attached hydrogen (secondary N) is 1. The Morgan fingerprint density at radius 1 is 1.04 bits per heavy atom. The van der Waals surface area contributed by atoms with Crippen LogP contribution in [0.3, 0.4) is 0 Å². The molecular formula is C20H23N3O2. The van der Waals surface area contributed by atoms with E-state index in [9.17, 15) is 9.59 Å². The van der Waals surface area contributed by atoms with Crippen molar-refractivity contribution in [3.63, 3.8) is 0 Å². The Bertz CT molecular complexity index is 728. The third-order valence-electron chi connectivity index (χ3n) is 4.47. The summed E-state index contributed by atoms with van der Waals surface area (Å²) in [6.45, 7) is 1.76. The van der Waals surface area contributed by atoms with Crippen LogP contribution in [0.4, 0.5) is 0 Å². The highest BCUT2D eigenvalue weighted by Gasteiger charge is 2.22. The van der Waals surface area contributed by atoms with E-state index in [0.29, 0.717) is 12.1 Å². The number of hydrogen-bond acceptors (Lipinski definition) is 3. The Morgan fingerprint density at radius 2 is 1.72 bits per heavy atom. The van der Waals surface area contributed by atoms with E-state index in [1.165, 1.54) is 0 Å². The van der Waals surface area contributed by atoms with Gasteiger partial charge in [0, 0.05) is 18.2 Å². The quantitative estimate of drug-likeness (QED) is 0.876. The van der Waals surface area contributed by atoms with Crippen LogP contribution >= 0.6 is 0 Å². The predicted molar refractivity (Wildman–Crippen MR) is 98.0 cm³/mol. The summed E-state index contributed by atoms with van der Waals surface area (Å²) in [6, 6.07) is 17.7. The van der Waals surface area contributed by atoms with Gasteiger partial charge in [0.2, 0.25) is 5.91 Å². The summed E-state index contributed by atoms with van der Waals surface area (Å²) in [6.07, 6.45) is 1.87. The molecule has 5 heteroatoms. The maximum Gasteiger partial charge on any atom is 0.251 e. The fourth-order valence-electron chi connectivity index (χ4n) is 3.25. The number of piperidine rings is 1. The number of nitrogens with two attached hydrogens (primary N) is 1. The highest BCUT2D eigenvalue weighted by Crippen LogP contribution is 2.19. The number of nitrogens with zero attached hydrogens (tertiary/aromatic N) is 1. The van der Waals surface area contributed by atoms with Crippen molar-refractivity contribution in [1.29, 1.82) is 0 Å². The summed E-state index contributed by atoms with van der Waals surface area (Å²) in [4.78, 5) is 25.5. The average Bonchev–Trinajstić information content (AvgIpc) is 2.62. The minimum absolute atomic E-state index is 0.0504. The molecule has 3 rings (SSSR count). The maximum atomic E-state index is 12.5. The van der Waals surface area contributed by atoms with Crippen molar-refractivity contribution in [2.75, 3.05) is 19.6 Å². The Kier molecular flexibility index (Phi) is 5.46. The van der Waals surface area contributed by atoms with Gasteiger partial charge in [0.1, 0.15) is 0 Å². The molecule has 25 heavy (non-hydrogen) atoms. The van der Waals surface area contributed by atoms with Crippen LogP contribution in [0.1, 0.15) is 23.2 Å². The Morgan fingerprint density at radius 3 is 2.40 bits per heavy atom. The molecule has 130 valence electrons. The van der Waals surface area contributed by atoms with Gasteiger partial charge in [-0.15, -0.1) is 0 Å². The van der Waals surface area contributed by atoms with Gasteiger partial charge in [-0.25, -0.2) is 0 Å². The van der Waals surface area contributed by atoms with E-state index in [0.717, 1.165) is 30.5 Å². The van der Waals surface area contributed by atoms with E-state index < -0.39 is 0 Å². The fraction of sp³-hybridized carbons (Fsp3) is 0.300. The van der Waals surface area contributed by atoms with E-state index in [1.807, 2.05) is 59.5 Å². The van der Waals surface area contributed by atoms with Crippen LogP contribution in [0, 0.1) is 0 Å². The van der Waals surface area contributed by atoms with E-state index in [1.54, 1.807) is 0 Å². The zero-order valence-corrected chi connectivity index (χ0v) is 14.2. The number of primary amides is 1. The monoisotopic (exact) mass is 337 g/mol. The Balaban J connectivity index is 1.60.